The Kier molecular flexibility index (Phi) is 7.32. The van der Waals surface area contributed by atoms with Crippen LogP contribution in [-0.2, 0) is 6.42 Å². The molecule has 1 aromatic carbocycles. The molecule has 1 heterocycles. The SMILES string of the molecule is O=C(NC1CCC(O)CC1)N1CCCN(CCCc2ccccc2)CC1. The average molecular weight is 360 g/mol. The summed E-state index contributed by atoms with van der Waals surface area (Å²) in [5, 5.41) is 12.8. The Labute approximate surface area is 157 Å². The molecule has 26 heavy (non-hydrogen) atoms. The molecule has 1 saturated heterocycles. The van der Waals surface area contributed by atoms with Gasteiger partial charge in [-0.3, -0.25) is 0 Å². The lowest BCUT2D eigenvalue weighted by Crippen LogP contribution is -2.47. The van der Waals surface area contributed by atoms with E-state index in [4.69, 9.17) is 0 Å². The molecule has 1 aliphatic heterocycles. The second-order valence-electron chi connectivity index (χ2n) is 7.73. The first-order chi connectivity index (χ1) is 12.7. The third-order valence-corrected chi connectivity index (χ3v) is 5.68. The highest BCUT2D eigenvalue weighted by Crippen LogP contribution is 2.18. The van der Waals surface area contributed by atoms with Gasteiger partial charge in [-0.25, -0.2) is 4.79 Å². The summed E-state index contributed by atoms with van der Waals surface area (Å²) in [6.07, 6.45) is 6.56. The fourth-order valence-corrected chi connectivity index (χ4v) is 4.04. The molecule has 0 unspecified atom stereocenters. The predicted molar refractivity (Wildman–Crippen MR) is 104 cm³/mol. The summed E-state index contributed by atoms with van der Waals surface area (Å²) >= 11 is 0. The minimum atomic E-state index is -0.175. The third kappa shape index (κ3) is 5.99. The molecule has 0 radical (unpaired) electrons. The minimum absolute atomic E-state index is 0.0810. The Hall–Kier alpha value is -1.59. The summed E-state index contributed by atoms with van der Waals surface area (Å²) in [5.41, 5.74) is 1.40. The quantitative estimate of drug-likeness (QED) is 0.850. The van der Waals surface area contributed by atoms with Crippen LogP contribution in [0.1, 0.15) is 44.1 Å². The van der Waals surface area contributed by atoms with E-state index in [-0.39, 0.29) is 18.2 Å². The Morgan fingerprint density at radius 3 is 2.58 bits per heavy atom. The van der Waals surface area contributed by atoms with Crippen LogP contribution >= 0.6 is 0 Å². The zero-order valence-corrected chi connectivity index (χ0v) is 15.8. The number of amides is 2. The van der Waals surface area contributed by atoms with Crippen LogP contribution in [0.4, 0.5) is 4.79 Å². The number of aliphatic hydroxyl groups is 1. The molecule has 5 heteroatoms. The van der Waals surface area contributed by atoms with Crippen LogP contribution in [0.25, 0.3) is 0 Å². The number of rotatable bonds is 5. The highest BCUT2D eigenvalue weighted by Gasteiger charge is 2.24. The molecule has 1 aliphatic carbocycles. The van der Waals surface area contributed by atoms with Crippen LogP contribution in [-0.4, -0.2) is 65.8 Å². The number of benzene rings is 1. The maximum Gasteiger partial charge on any atom is 0.317 e. The van der Waals surface area contributed by atoms with Gasteiger partial charge in [-0.2, -0.15) is 0 Å². The Bertz CT molecular complexity index is 543. The second-order valence-corrected chi connectivity index (χ2v) is 7.73. The van der Waals surface area contributed by atoms with Crippen molar-refractivity contribution in [1.82, 2.24) is 15.1 Å². The molecular weight excluding hydrogens is 326 g/mol. The number of nitrogens with zero attached hydrogens (tertiary/aromatic N) is 2. The number of aryl methyl sites for hydroxylation is 1. The van der Waals surface area contributed by atoms with E-state index in [1.807, 2.05) is 4.90 Å². The van der Waals surface area contributed by atoms with Crippen molar-refractivity contribution in [2.45, 2.75) is 57.1 Å². The van der Waals surface area contributed by atoms with E-state index in [1.165, 1.54) is 12.0 Å². The van der Waals surface area contributed by atoms with E-state index < -0.39 is 0 Å². The molecule has 144 valence electrons. The van der Waals surface area contributed by atoms with Crippen molar-refractivity contribution in [3.8, 4) is 0 Å². The van der Waals surface area contributed by atoms with Gasteiger partial charge in [0.25, 0.3) is 0 Å². The lowest BCUT2D eigenvalue weighted by atomic mass is 9.93. The van der Waals surface area contributed by atoms with Gasteiger partial charge in [-0.15, -0.1) is 0 Å². The first-order valence-corrected chi connectivity index (χ1v) is 10.2. The van der Waals surface area contributed by atoms with E-state index in [0.29, 0.717) is 0 Å². The lowest BCUT2D eigenvalue weighted by molar-refractivity contribution is 0.115. The summed E-state index contributed by atoms with van der Waals surface area (Å²) < 4.78 is 0. The van der Waals surface area contributed by atoms with Gasteiger partial charge in [0.05, 0.1) is 6.10 Å². The normalized spacial score (nSPS) is 24.9. The van der Waals surface area contributed by atoms with Crippen LogP contribution in [0.3, 0.4) is 0 Å². The van der Waals surface area contributed by atoms with E-state index in [0.717, 1.165) is 71.2 Å². The van der Waals surface area contributed by atoms with Crippen LogP contribution in [0.15, 0.2) is 30.3 Å². The summed E-state index contributed by atoms with van der Waals surface area (Å²) in [6.45, 7) is 4.80. The van der Waals surface area contributed by atoms with Crippen molar-refractivity contribution in [2.75, 3.05) is 32.7 Å². The lowest BCUT2D eigenvalue weighted by Gasteiger charge is -2.29. The first kappa shape index (κ1) is 19.2. The molecule has 1 saturated carbocycles. The number of nitrogens with one attached hydrogen (secondary N) is 1. The molecule has 0 spiro atoms. The standard InChI is InChI=1S/C21H33N3O2/c25-20-11-9-19(10-12-20)22-21(26)24-15-5-14-23(16-17-24)13-4-8-18-6-2-1-3-7-18/h1-3,6-7,19-20,25H,4-5,8-17H2,(H,22,26). The molecule has 2 aliphatic rings. The molecule has 0 atom stereocenters. The smallest absolute Gasteiger partial charge is 0.317 e. The van der Waals surface area contributed by atoms with Crippen molar-refractivity contribution >= 4 is 6.03 Å². The van der Waals surface area contributed by atoms with E-state index in [1.54, 1.807) is 0 Å². The first-order valence-electron chi connectivity index (χ1n) is 10.2. The summed E-state index contributed by atoms with van der Waals surface area (Å²) in [7, 11) is 0. The molecule has 1 aromatic rings. The largest absolute Gasteiger partial charge is 0.393 e. The number of carbonyl (C=O) groups is 1. The molecule has 3 rings (SSSR count). The maximum atomic E-state index is 12.5. The van der Waals surface area contributed by atoms with Gasteiger partial charge in [0.2, 0.25) is 0 Å². The van der Waals surface area contributed by atoms with Crippen molar-refractivity contribution in [2.24, 2.45) is 0 Å². The fourth-order valence-electron chi connectivity index (χ4n) is 4.04. The number of hydrogen-bond acceptors (Lipinski definition) is 3. The Morgan fingerprint density at radius 1 is 1.04 bits per heavy atom. The zero-order chi connectivity index (χ0) is 18.2. The molecule has 2 N–H and O–H groups in total. The highest BCUT2D eigenvalue weighted by molar-refractivity contribution is 5.74. The van der Waals surface area contributed by atoms with Gasteiger partial charge < -0.3 is 20.2 Å². The number of hydrogen-bond donors (Lipinski definition) is 2. The van der Waals surface area contributed by atoms with Gasteiger partial charge in [-0.1, -0.05) is 30.3 Å². The summed E-state index contributed by atoms with van der Waals surface area (Å²) in [6, 6.07) is 11.0. The second kappa shape index (κ2) is 9.93. The zero-order valence-electron chi connectivity index (χ0n) is 15.8. The van der Waals surface area contributed by atoms with Gasteiger partial charge in [0.15, 0.2) is 0 Å². The highest BCUT2D eigenvalue weighted by atomic mass is 16.3. The van der Waals surface area contributed by atoms with Crippen molar-refractivity contribution in [1.29, 1.82) is 0 Å². The van der Waals surface area contributed by atoms with Crippen molar-refractivity contribution in [3.63, 3.8) is 0 Å². The molecule has 2 amide bonds. The summed E-state index contributed by atoms with van der Waals surface area (Å²) in [5.74, 6) is 0. The third-order valence-electron chi connectivity index (χ3n) is 5.68. The van der Waals surface area contributed by atoms with Gasteiger partial charge in [0, 0.05) is 25.7 Å². The average Bonchev–Trinajstić information content (AvgIpc) is 2.90. The number of urea groups is 1. The van der Waals surface area contributed by atoms with Crippen LogP contribution in [0, 0.1) is 0 Å². The van der Waals surface area contributed by atoms with E-state index in [2.05, 4.69) is 40.5 Å². The molecule has 2 fully saturated rings. The van der Waals surface area contributed by atoms with Gasteiger partial charge in [-0.05, 0) is 63.6 Å². The summed E-state index contributed by atoms with van der Waals surface area (Å²) in [4.78, 5) is 17.0. The van der Waals surface area contributed by atoms with E-state index in [9.17, 15) is 9.90 Å². The maximum absolute atomic E-state index is 12.5. The van der Waals surface area contributed by atoms with Crippen molar-refractivity contribution < 1.29 is 9.90 Å². The van der Waals surface area contributed by atoms with Gasteiger partial charge in [0.1, 0.15) is 0 Å². The van der Waals surface area contributed by atoms with Crippen LogP contribution in [0.2, 0.25) is 0 Å². The fraction of sp³-hybridized carbons (Fsp3) is 0.667. The number of carbonyl (C=O) groups excluding carboxylic acids is 1. The Balaban J connectivity index is 1.36. The Morgan fingerprint density at radius 2 is 1.81 bits per heavy atom. The minimum Gasteiger partial charge on any atom is -0.393 e. The van der Waals surface area contributed by atoms with Gasteiger partial charge >= 0.3 is 6.03 Å². The molecule has 0 aromatic heterocycles. The van der Waals surface area contributed by atoms with E-state index >= 15 is 0 Å². The molecular formula is C21H33N3O2. The van der Waals surface area contributed by atoms with Crippen LogP contribution in [0.5, 0.6) is 0 Å². The van der Waals surface area contributed by atoms with Crippen molar-refractivity contribution in [3.05, 3.63) is 35.9 Å². The molecule has 5 nitrogen and oxygen atoms in total. The topological polar surface area (TPSA) is 55.8 Å². The number of aliphatic hydroxyl groups excluding tert-OH is 1. The predicted octanol–water partition coefficient (Wildman–Crippen LogP) is 2.64. The monoisotopic (exact) mass is 359 g/mol. The van der Waals surface area contributed by atoms with Crippen LogP contribution < -0.4 is 5.32 Å². The molecule has 0 bridgehead atoms.